The summed E-state index contributed by atoms with van der Waals surface area (Å²) in [6.45, 7) is 9.66. The van der Waals surface area contributed by atoms with Crippen LogP contribution in [0.4, 0.5) is 5.69 Å². The number of methoxy groups -OCH3 is 1. The van der Waals surface area contributed by atoms with Gasteiger partial charge in [0.05, 0.1) is 7.11 Å². The van der Waals surface area contributed by atoms with Crippen LogP contribution in [0.25, 0.3) is 5.57 Å². The Bertz CT molecular complexity index is 850. The van der Waals surface area contributed by atoms with Crippen molar-refractivity contribution in [1.29, 1.82) is 0 Å². The molecule has 0 aliphatic carbocycles. The molecule has 0 atom stereocenters. The number of benzene rings is 2. The first-order chi connectivity index (χ1) is 14.2. The van der Waals surface area contributed by atoms with Crippen LogP contribution < -0.4 is 14.4 Å². The Hall–Kier alpha value is -2.46. The van der Waals surface area contributed by atoms with Gasteiger partial charge >= 0.3 is 0 Å². The van der Waals surface area contributed by atoms with Crippen molar-refractivity contribution in [3.63, 3.8) is 0 Å². The van der Waals surface area contributed by atoms with Crippen molar-refractivity contribution < 1.29 is 9.47 Å². The van der Waals surface area contributed by atoms with E-state index in [0.29, 0.717) is 0 Å². The maximum atomic E-state index is 6.47. The molecule has 2 aromatic carbocycles. The van der Waals surface area contributed by atoms with Crippen molar-refractivity contribution in [3.8, 4) is 11.5 Å². The Kier molecular flexibility index (Phi) is 5.81. The third kappa shape index (κ3) is 4.13. The molecule has 2 heterocycles. The zero-order valence-electron chi connectivity index (χ0n) is 17.9. The lowest BCUT2D eigenvalue weighted by molar-refractivity contribution is 0.106. The first-order valence-electron chi connectivity index (χ1n) is 10.8. The molecule has 4 rings (SSSR count). The number of ether oxygens (including phenoxy) is 2. The molecule has 0 saturated carbocycles. The molecule has 0 radical (unpaired) electrons. The first-order valence-corrected chi connectivity index (χ1v) is 10.8. The smallest absolute Gasteiger partial charge is 0.131 e. The molecular weight excluding hydrogens is 360 g/mol. The van der Waals surface area contributed by atoms with E-state index in [2.05, 4.69) is 66.1 Å². The molecule has 29 heavy (non-hydrogen) atoms. The van der Waals surface area contributed by atoms with Crippen LogP contribution in [0.2, 0.25) is 0 Å². The summed E-state index contributed by atoms with van der Waals surface area (Å²) in [6, 6.07) is 17.0. The molecule has 1 fully saturated rings. The van der Waals surface area contributed by atoms with Crippen LogP contribution in [0.5, 0.6) is 11.5 Å². The second kappa shape index (κ2) is 8.50. The van der Waals surface area contributed by atoms with Crippen LogP contribution in [-0.4, -0.2) is 50.3 Å². The van der Waals surface area contributed by atoms with Crippen molar-refractivity contribution in [1.82, 2.24) is 4.90 Å². The lowest BCUT2D eigenvalue weighted by Crippen LogP contribution is -2.47. The number of piperazine rings is 1. The minimum atomic E-state index is -0.222. The third-order valence-electron chi connectivity index (χ3n) is 6.37. The Balaban J connectivity index is 1.52. The Morgan fingerprint density at radius 2 is 1.69 bits per heavy atom. The molecule has 0 unspecified atom stereocenters. The average molecular weight is 393 g/mol. The highest BCUT2D eigenvalue weighted by Crippen LogP contribution is 2.41. The van der Waals surface area contributed by atoms with Gasteiger partial charge in [0.25, 0.3) is 0 Å². The lowest BCUT2D eigenvalue weighted by atomic mass is 9.88. The minimum Gasteiger partial charge on any atom is -0.497 e. The van der Waals surface area contributed by atoms with E-state index in [-0.39, 0.29) is 5.60 Å². The van der Waals surface area contributed by atoms with E-state index >= 15 is 0 Å². The van der Waals surface area contributed by atoms with Gasteiger partial charge in [-0.3, -0.25) is 4.90 Å². The number of hydrogen-bond donors (Lipinski definition) is 0. The molecule has 1 saturated heterocycles. The SMILES string of the molecule is CCC1(CC)C=C(CN2CCN(c3ccccc3)CC2)c2ccc(OC)cc2O1. The van der Waals surface area contributed by atoms with E-state index in [9.17, 15) is 0 Å². The number of rotatable bonds is 6. The van der Waals surface area contributed by atoms with E-state index in [1.54, 1.807) is 7.11 Å². The normalized spacial score (nSPS) is 18.6. The van der Waals surface area contributed by atoms with Gasteiger partial charge in [-0.05, 0) is 48.8 Å². The summed E-state index contributed by atoms with van der Waals surface area (Å²) in [5, 5.41) is 0. The van der Waals surface area contributed by atoms with Crippen LogP contribution >= 0.6 is 0 Å². The number of nitrogens with zero attached hydrogens (tertiary/aromatic N) is 2. The van der Waals surface area contributed by atoms with E-state index < -0.39 is 0 Å². The van der Waals surface area contributed by atoms with E-state index in [0.717, 1.165) is 57.1 Å². The second-order valence-electron chi connectivity index (χ2n) is 8.00. The monoisotopic (exact) mass is 392 g/mol. The molecule has 0 amide bonds. The Morgan fingerprint density at radius 1 is 0.966 bits per heavy atom. The zero-order valence-corrected chi connectivity index (χ0v) is 17.9. The zero-order chi connectivity index (χ0) is 20.3. The largest absolute Gasteiger partial charge is 0.497 e. The van der Waals surface area contributed by atoms with Gasteiger partial charge in [0.1, 0.15) is 17.1 Å². The number of fused-ring (bicyclic) bond motifs is 1. The van der Waals surface area contributed by atoms with Crippen molar-refractivity contribution in [3.05, 3.63) is 60.2 Å². The molecule has 0 N–H and O–H groups in total. The van der Waals surface area contributed by atoms with Gasteiger partial charge in [-0.2, -0.15) is 0 Å². The summed E-state index contributed by atoms with van der Waals surface area (Å²) in [6.07, 6.45) is 4.31. The number of para-hydroxylation sites is 1. The fraction of sp³-hybridized carbons (Fsp3) is 0.440. The van der Waals surface area contributed by atoms with Gasteiger partial charge in [-0.25, -0.2) is 0 Å². The van der Waals surface area contributed by atoms with Gasteiger partial charge in [0.2, 0.25) is 0 Å². The topological polar surface area (TPSA) is 24.9 Å². The van der Waals surface area contributed by atoms with Gasteiger partial charge in [0, 0.05) is 50.0 Å². The van der Waals surface area contributed by atoms with Gasteiger partial charge in [-0.1, -0.05) is 32.0 Å². The standard InChI is InChI=1S/C25H32N2O2/c1-4-25(5-2)18-20(23-12-11-22(28-3)17-24(23)29-25)19-26-13-15-27(16-14-26)21-9-7-6-8-10-21/h6-12,17-18H,4-5,13-16,19H2,1-3H3. The molecule has 0 bridgehead atoms. The molecule has 2 aromatic rings. The maximum Gasteiger partial charge on any atom is 0.131 e. The molecule has 2 aliphatic heterocycles. The van der Waals surface area contributed by atoms with Crippen molar-refractivity contribution in [2.75, 3.05) is 44.7 Å². The summed E-state index contributed by atoms with van der Waals surface area (Å²) < 4.78 is 11.9. The molecule has 4 heteroatoms. The van der Waals surface area contributed by atoms with Crippen molar-refractivity contribution in [2.24, 2.45) is 0 Å². The number of hydrogen-bond acceptors (Lipinski definition) is 4. The Labute approximate surface area is 174 Å². The molecular formula is C25H32N2O2. The van der Waals surface area contributed by atoms with Crippen LogP contribution in [0, 0.1) is 0 Å². The summed E-state index contributed by atoms with van der Waals surface area (Å²) in [5.41, 5.74) is 3.69. The van der Waals surface area contributed by atoms with E-state index in [1.165, 1.54) is 16.8 Å². The molecule has 0 spiro atoms. The molecule has 2 aliphatic rings. The minimum absolute atomic E-state index is 0.222. The maximum absolute atomic E-state index is 6.47. The van der Waals surface area contributed by atoms with Crippen LogP contribution in [-0.2, 0) is 0 Å². The summed E-state index contributed by atoms with van der Waals surface area (Å²) in [7, 11) is 1.71. The van der Waals surface area contributed by atoms with E-state index in [1.807, 2.05) is 12.1 Å². The quantitative estimate of drug-likeness (QED) is 0.701. The molecule has 0 aromatic heterocycles. The Morgan fingerprint density at radius 3 is 2.34 bits per heavy atom. The highest BCUT2D eigenvalue weighted by Gasteiger charge is 2.33. The van der Waals surface area contributed by atoms with Crippen molar-refractivity contribution >= 4 is 11.3 Å². The third-order valence-corrected chi connectivity index (χ3v) is 6.37. The summed E-state index contributed by atoms with van der Waals surface area (Å²) in [5.74, 6) is 1.80. The van der Waals surface area contributed by atoms with E-state index in [4.69, 9.17) is 9.47 Å². The number of anilines is 1. The van der Waals surface area contributed by atoms with Crippen LogP contribution in [0.1, 0.15) is 32.3 Å². The highest BCUT2D eigenvalue weighted by atomic mass is 16.5. The van der Waals surface area contributed by atoms with Gasteiger partial charge in [-0.15, -0.1) is 0 Å². The van der Waals surface area contributed by atoms with Crippen molar-refractivity contribution in [2.45, 2.75) is 32.3 Å². The summed E-state index contributed by atoms with van der Waals surface area (Å²) in [4.78, 5) is 5.05. The molecule has 154 valence electrons. The van der Waals surface area contributed by atoms with Gasteiger partial charge in [0.15, 0.2) is 0 Å². The lowest BCUT2D eigenvalue weighted by Gasteiger charge is -2.39. The molecule has 4 nitrogen and oxygen atoms in total. The fourth-order valence-electron chi connectivity index (χ4n) is 4.40. The average Bonchev–Trinajstić information content (AvgIpc) is 2.79. The van der Waals surface area contributed by atoms with Crippen LogP contribution in [0.3, 0.4) is 0 Å². The van der Waals surface area contributed by atoms with Gasteiger partial charge < -0.3 is 14.4 Å². The predicted molar refractivity (Wildman–Crippen MR) is 120 cm³/mol. The highest BCUT2D eigenvalue weighted by molar-refractivity contribution is 5.75. The predicted octanol–water partition coefficient (Wildman–Crippen LogP) is 4.85. The van der Waals surface area contributed by atoms with Crippen LogP contribution in [0.15, 0.2) is 54.6 Å². The first kappa shape index (κ1) is 19.8. The second-order valence-corrected chi connectivity index (χ2v) is 8.00. The summed E-state index contributed by atoms with van der Waals surface area (Å²) >= 11 is 0. The fourth-order valence-corrected chi connectivity index (χ4v) is 4.40.